The molecule has 19 heteroatoms. The van der Waals surface area contributed by atoms with Crippen LogP contribution in [0.5, 0.6) is 0 Å². The first-order valence-corrected chi connectivity index (χ1v) is 44.4. The lowest BCUT2D eigenvalue weighted by atomic mass is 10.1. The maximum Gasteiger partial charge on any atom is 0.472 e. The van der Waals surface area contributed by atoms with Crippen LogP contribution in [0.25, 0.3) is 0 Å². The van der Waals surface area contributed by atoms with Crippen LogP contribution >= 0.6 is 15.6 Å². The fourth-order valence-corrected chi connectivity index (χ4v) is 12.0. The molecule has 0 radical (unpaired) electrons. The van der Waals surface area contributed by atoms with E-state index >= 15 is 0 Å². The Bertz CT molecular complexity index is 2710. The molecule has 0 aromatic heterocycles. The van der Waals surface area contributed by atoms with Crippen LogP contribution in [0.4, 0.5) is 0 Å². The Morgan fingerprint density at radius 1 is 0.278 bits per heavy atom. The maximum atomic E-state index is 13.1. The molecule has 614 valence electrons. The minimum absolute atomic E-state index is 0.0642. The lowest BCUT2D eigenvalue weighted by Crippen LogP contribution is -2.30. The Morgan fingerprint density at radius 3 is 0.824 bits per heavy atom. The predicted octanol–water partition coefficient (Wildman–Crippen LogP) is 24.6. The highest BCUT2D eigenvalue weighted by atomic mass is 31.2. The summed E-state index contributed by atoms with van der Waals surface area (Å²) in [6.07, 6.45) is 94.9. The van der Waals surface area contributed by atoms with Crippen LogP contribution in [0.2, 0.25) is 0 Å². The number of phosphoric ester groups is 2. The highest BCUT2D eigenvalue weighted by Gasteiger charge is 2.30. The van der Waals surface area contributed by atoms with E-state index < -0.39 is 97.5 Å². The van der Waals surface area contributed by atoms with Gasteiger partial charge in [0.25, 0.3) is 0 Å². The summed E-state index contributed by atoms with van der Waals surface area (Å²) in [7, 11) is -10.0. The molecule has 0 saturated carbocycles. The van der Waals surface area contributed by atoms with Gasteiger partial charge in [-0.1, -0.05) is 294 Å². The van der Waals surface area contributed by atoms with Gasteiger partial charge in [0.15, 0.2) is 12.2 Å². The van der Waals surface area contributed by atoms with E-state index in [-0.39, 0.29) is 25.7 Å². The quantitative estimate of drug-likeness (QED) is 0.0169. The Balaban J connectivity index is 5.46. The summed E-state index contributed by atoms with van der Waals surface area (Å²) in [6.45, 7) is 4.43. The molecule has 0 aliphatic rings. The van der Waals surface area contributed by atoms with Gasteiger partial charge in [0.05, 0.1) is 32.8 Å². The average Bonchev–Trinajstić information content (AvgIpc) is 0.907. The van der Waals surface area contributed by atoms with Gasteiger partial charge in [-0.3, -0.25) is 37.3 Å². The number of ether oxygens (including phenoxy) is 4. The number of allylic oxidation sites excluding steroid dienone is 27. The molecule has 5 atom stereocenters. The fraction of sp³-hybridized carbons (Fsp3) is 0.640. The summed E-state index contributed by atoms with van der Waals surface area (Å²) in [5, 5.41) is 10.7. The number of hydrogen-bond acceptors (Lipinski definition) is 15. The lowest BCUT2D eigenvalue weighted by molar-refractivity contribution is -0.161. The predicted molar refractivity (Wildman–Crippen MR) is 445 cm³/mol. The number of phosphoric acid groups is 2. The molecule has 0 aliphatic carbocycles. The maximum absolute atomic E-state index is 13.1. The lowest BCUT2D eigenvalue weighted by Gasteiger charge is -2.21. The minimum atomic E-state index is -5.02. The van der Waals surface area contributed by atoms with Crippen LogP contribution in [-0.2, 0) is 65.4 Å². The molecule has 0 bridgehead atoms. The summed E-state index contributed by atoms with van der Waals surface area (Å²) < 4.78 is 68.5. The number of carbonyl (C=O) groups is 4. The first-order valence-electron chi connectivity index (χ1n) is 41.4. The molecule has 0 spiro atoms. The van der Waals surface area contributed by atoms with E-state index in [4.69, 9.17) is 37.0 Å². The summed E-state index contributed by atoms with van der Waals surface area (Å²) in [6, 6.07) is 0. The summed E-state index contributed by atoms with van der Waals surface area (Å²) >= 11 is 0. The van der Waals surface area contributed by atoms with Crippen LogP contribution in [-0.4, -0.2) is 96.7 Å². The first-order chi connectivity index (χ1) is 52.7. The van der Waals surface area contributed by atoms with Gasteiger partial charge in [0, 0.05) is 19.3 Å². The monoisotopic (exact) mass is 1550 g/mol. The average molecular weight is 1550 g/mol. The van der Waals surface area contributed by atoms with E-state index in [1.807, 2.05) is 12.2 Å². The van der Waals surface area contributed by atoms with Crippen molar-refractivity contribution in [1.82, 2.24) is 0 Å². The molecule has 0 saturated heterocycles. The molecule has 0 aliphatic heterocycles. The van der Waals surface area contributed by atoms with Gasteiger partial charge >= 0.3 is 39.5 Å². The molecule has 0 fully saturated rings. The number of esters is 4. The highest BCUT2D eigenvalue weighted by Crippen LogP contribution is 2.45. The molecule has 0 heterocycles. The van der Waals surface area contributed by atoms with Crippen molar-refractivity contribution >= 4 is 39.5 Å². The van der Waals surface area contributed by atoms with Gasteiger partial charge in [-0.05, 0) is 161 Å². The zero-order valence-electron chi connectivity index (χ0n) is 67.2. The SMILES string of the molecule is CC/C=C\C/C=C\C/C=C\C/C=C\C/C=C\CC(=O)OC(COC(=O)CCCCCCCC/C=C\C/C=C\C/C=C\CCCCC)COP(=O)(O)OCC(O)COP(=O)(O)OCC(COC(=O)CCCCCCCC/C=C\C/C=C\C/C=C\CCCCC)OC(=O)CCCCCCC/C=C\C/C=C\C/C=C\CC. The van der Waals surface area contributed by atoms with Crippen molar-refractivity contribution in [1.29, 1.82) is 0 Å². The van der Waals surface area contributed by atoms with Gasteiger partial charge in [-0.15, -0.1) is 0 Å². The van der Waals surface area contributed by atoms with E-state index in [1.54, 1.807) is 12.2 Å². The third kappa shape index (κ3) is 78.5. The van der Waals surface area contributed by atoms with Crippen molar-refractivity contribution in [3.63, 3.8) is 0 Å². The zero-order valence-corrected chi connectivity index (χ0v) is 69.0. The molecule has 0 aromatic rings. The molecule has 17 nitrogen and oxygen atoms in total. The number of aliphatic hydroxyl groups is 1. The topological polar surface area (TPSA) is 237 Å². The Morgan fingerprint density at radius 2 is 0.519 bits per heavy atom. The Labute approximate surface area is 654 Å². The molecule has 0 rings (SSSR count). The van der Waals surface area contributed by atoms with Crippen molar-refractivity contribution in [2.45, 2.75) is 329 Å². The number of hydrogen-bond donors (Lipinski definition) is 3. The molecular formula is C89H146O17P2. The van der Waals surface area contributed by atoms with Crippen LogP contribution in [0.15, 0.2) is 170 Å². The summed E-state index contributed by atoms with van der Waals surface area (Å²) in [5.74, 6) is -2.38. The van der Waals surface area contributed by atoms with E-state index in [9.17, 15) is 43.2 Å². The highest BCUT2D eigenvalue weighted by molar-refractivity contribution is 7.47. The van der Waals surface area contributed by atoms with Crippen molar-refractivity contribution in [3.8, 4) is 0 Å². The molecule has 3 N–H and O–H groups in total. The first kappa shape index (κ1) is 102. The van der Waals surface area contributed by atoms with Crippen molar-refractivity contribution in [2.24, 2.45) is 0 Å². The molecule has 108 heavy (non-hydrogen) atoms. The molecule has 0 aromatic carbocycles. The van der Waals surface area contributed by atoms with Gasteiger partial charge in [-0.2, -0.15) is 0 Å². The third-order valence-electron chi connectivity index (χ3n) is 16.7. The molecule has 0 amide bonds. The van der Waals surface area contributed by atoms with Crippen molar-refractivity contribution in [3.05, 3.63) is 170 Å². The van der Waals surface area contributed by atoms with Gasteiger partial charge < -0.3 is 33.8 Å². The van der Waals surface area contributed by atoms with Gasteiger partial charge in [0.2, 0.25) is 0 Å². The number of aliphatic hydroxyl groups excluding tert-OH is 1. The second-order valence-electron chi connectivity index (χ2n) is 27.0. The molecule has 5 unspecified atom stereocenters. The zero-order chi connectivity index (χ0) is 78.9. The summed E-state index contributed by atoms with van der Waals surface area (Å²) in [5.41, 5.74) is 0. The fourth-order valence-electron chi connectivity index (χ4n) is 10.4. The number of carbonyl (C=O) groups excluding carboxylic acids is 4. The number of rotatable bonds is 76. The second kappa shape index (κ2) is 79.5. The van der Waals surface area contributed by atoms with Crippen LogP contribution in [0, 0.1) is 0 Å². The summed E-state index contributed by atoms with van der Waals surface area (Å²) in [4.78, 5) is 73.1. The minimum Gasteiger partial charge on any atom is -0.462 e. The van der Waals surface area contributed by atoms with Gasteiger partial charge in [0.1, 0.15) is 19.3 Å². The number of unbranched alkanes of at least 4 members (excludes halogenated alkanes) is 23. The third-order valence-corrected chi connectivity index (χ3v) is 18.6. The van der Waals surface area contributed by atoms with Gasteiger partial charge in [-0.25, -0.2) is 9.13 Å². The second-order valence-corrected chi connectivity index (χ2v) is 29.9. The van der Waals surface area contributed by atoms with E-state index in [0.29, 0.717) is 25.7 Å². The Hall–Kier alpha value is -5.58. The van der Waals surface area contributed by atoms with Crippen molar-refractivity contribution in [2.75, 3.05) is 39.6 Å². The largest absolute Gasteiger partial charge is 0.472 e. The van der Waals surface area contributed by atoms with Crippen LogP contribution in [0.3, 0.4) is 0 Å². The normalized spacial score (nSPS) is 14.7. The smallest absolute Gasteiger partial charge is 0.462 e. The standard InChI is InChI=1S/C89H146O17P2/c1-5-9-13-17-21-25-29-33-37-39-41-43-47-49-53-57-61-65-69-73-86(91)99-79-84(105-88(93)75-71-67-63-59-55-51-45-35-31-27-23-19-15-11-7-3)81-103-107(95,96)101-77-83(90)78-102-108(97,98)104-82-85(106-89(94)76-72-68-64-60-56-52-46-36-32-28-24-20-16-12-8-4)80-100-87(92)74-70-66-62-58-54-50-48-44-42-40-38-34-30-26-22-18-14-10-6-2/h11-12,15-16,21-28,33-38,41-46,55,59,67,71,83-85,90H,5-10,13-14,17-20,29-32,39-40,47-54,56-58,60-66,68-70,72-82H2,1-4H3,(H,95,96)(H,97,98)/b15-11-,16-12-,25-21-,26-22-,27-23-,28-24-,37-33-,38-34-,43-41-,44-42-,45-35-,46-36-,59-55-,71-67-. The van der Waals surface area contributed by atoms with E-state index in [0.717, 1.165) is 193 Å². The van der Waals surface area contributed by atoms with E-state index in [1.165, 1.54) is 38.5 Å². The molecular weight excluding hydrogens is 1400 g/mol. The van der Waals surface area contributed by atoms with Crippen LogP contribution in [0.1, 0.15) is 310 Å². The van der Waals surface area contributed by atoms with E-state index in [2.05, 4.69) is 174 Å². The Kier molecular flexibility index (Phi) is 75.4. The van der Waals surface area contributed by atoms with Crippen molar-refractivity contribution < 1.29 is 80.2 Å². The van der Waals surface area contributed by atoms with Crippen LogP contribution < -0.4 is 0 Å².